The zero-order chi connectivity index (χ0) is 7.71. The fourth-order valence-electron chi connectivity index (χ4n) is 0.168. The van der Waals surface area contributed by atoms with E-state index in [0.717, 1.165) is 0 Å². The lowest BCUT2D eigenvalue weighted by Gasteiger charge is -1.84. The van der Waals surface area contributed by atoms with Crippen LogP contribution in [-0.2, 0) is 20.4 Å². The van der Waals surface area contributed by atoms with Crippen LogP contribution in [-0.4, -0.2) is 21.9 Å². The molecule has 0 rings (SSSR count). The van der Waals surface area contributed by atoms with Crippen molar-refractivity contribution in [1.82, 2.24) is 0 Å². The highest BCUT2D eigenvalue weighted by Crippen LogP contribution is 1.99. The molecule has 4 nitrogen and oxygen atoms in total. The van der Waals surface area contributed by atoms with Crippen LogP contribution in [0, 0.1) is 0 Å². The molecule has 9 heavy (non-hydrogen) atoms. The minimum absolute atomic E-state index is 2.10. The average molecular weight is 180 g/mol. The van der Waals surface area contributed by atoms with Crippen molar-refractivity contribution in [2.75, 3.05) is 5.08 Å². The second-order valence-electron chi connectivity index (χ2n) is 1.20. The first-order chi connectivity index (χ1) is 3.71. The number of hydrogen-bond donors (Lipinski definition) is 0. The Morgan fingerprint density at radius 2 is 1.11 bits per heavy atom. The summed E-state index contributed by atoms with van der Waals surface area (Å²) < 4.78 is 59.9. The quantitative estimate of drug-likeness (QED) is 0.539. The predicted molar refractivity (Wildman–Crippen MR) is 24.9 cm³/mol. The maximum absolute atomic E-state index is 11.2. The van der Waals surface area contributed by atoms with Gasteiger partial charge < -0.3 is 0 Å². The van der Waals surface area contributed by atoms with Gasteiger partial charge in [0.25, 0.3) is 0 Å². The summed E-state index contributed by atoms with van der Waals surface area (Å²) in [6, 6.07) is 0. The van der Waals surface area contributed by atoms with Crippen LogP contribution in [0.1, 0.15) is 0 Å². The first-order valence-electron chi connectivity index (χ1n) is 1.55. The van der Waals surface area contributed by atoms with E-state index in [9.17, 15) is 24.6 Å². The van der Waals surface area contributed by atoms with Crippen LogP contribution in [0.25, 0.3) is 0 Å². The van der Waals surface area contributed by atoms with Crippen LogP contribution >= 0.6 is 0 Å². The SMILES string of the molecule is O=S(=O)(F)CS(=O)(=O)F. The summed E-state index contributed by atoms with van der Waals surface area (Å²) in [7, 11) is -10.5. The molecule has 0 aromatic carbocycles. The molecular weight excluding hydrogens is 178 g/mol. The summed E-state index contributed by atoms with van der Waals surface area (Å²) in [5, 5.41) is -2.10. The normalized spacial score (nSPS) is 13.6. The zero-order valence-electron chi connectivity index (χ0n) is 3.91. The fourth-order valence-corrected chi connectivity index (χ4v) is 1.51. The van der Waals surface area contributed by atoms with Gasteiger partial charge in [-0.1, -0.05) is 0 Å². The Bertz CT molecular complexity index is 242. The van der Waals surface area contributed by atoms with Gasteiger partial charge in [-0.15, -0.1) is 7.77 Å². The minimum atomic E-state index is -5.24. The van der Waals surface area contributed by atoms with Crippen molar-refractivity contribution in [3.63, 3.8) is 0 Å². The highest BCUT2D eigenvalue weighted by atomic mass is 32.3. The summed E-state index contributed by atoms with van der Waals surface area (Å²) in [5.74, 6) is 0. The minimum Gasteiger partial charge on any atom is -0.194 e. The van der Waals surface area contributed by atoms with Crippen LogP contribution < -0.4 is 0 Å². The third kappa shape index (κ3) is 7.76. The second-order valence-corrected chi connectivity index (χ2v) is 4.29. The largest absolute Gasteiger partial charge is 0.319 e. The topological polar surface area (TPSA) is 68.3 Å². The Balaban J connectivity index is 4.46. The Morgan fingerprint density at radius 1 is 0.889 bits per heavy atom. The van der Waals surface area contributed by atoms with Gasteiger partial charge >= 0.3 is 20.4 Å². The first kappa shape index (κ1) is 8.76. The van der Waals surface area contributed by atoms with E-state index in [4.69, 9.17) is 0 Å². The van der Waals surface area contributed by atoms with Crippen molar-refractivity contribution in [3.8, 4) is 0 Å². The molecular formula is CH2F2O4S2. The molecule has 0 amide bonds. The number of rotatable bonds is 2. The summed E-state index contributed by atoms with van der Waals surface area (Å²) in [6.45, 7) is 0. The van der Waals surface area contributed by atoms with Crippen LogP contribution in [0.3, 0.4) is 0 Å². The summed E-state index contributed by atoms with van der Waals surface area (Å²) in [4.78, 5) is 0. The monoisotopic (exact) mass is 180 g/mol. The van der Waals surface area contributed by atoms with Gasteiger partial charge in [-0.25, -0.2) is 0 Å². The van der Waals surface area contributed by atoms with Crippen molar-refractivity contribution in [2.45, 2.75) is 0 Å². The predicted octanol–water partition coefficient (Wildman–Crippen LogP) is -0.457. The highest BCUT2D eigenvalue weighted by Gasteiger charge is 2.19. The van der Waals surface area contributed by atoms with Crippen molar-refractivity contribution >= 4 is 20.4 Å². The molecule has 0 saturated heterocycles. The molecule has 0 aromatic heterocycles. The molecule has 0 fully saturated rings. The molecule has 0 N–H and O–H groups in total. The molecule has 0 aromatic rings. The van der Waals surface area contributed by atoms with E-state index in [1.54, 1.807) is 0 Å². The van der Waals surface area contributed by atoms with Gasteiger partial charge in [0, 0.05) is 0 Å². The van der Waals surface area contributed by atoms with Crippen molar-refractivity contribution in [2.24, 2.45) is 0 Å². The van der Waals surface area contributed by atoms with Crippen molar-refractivity contribution in [1.29, 1.82) is 0 Å². The lowest BCUT2D eigenvalue weighted by atomic mass is 11.9. The highest BCUT2D eigenvalue weighted by molar-refractivity contribution is 8.03. The smallest absolute Gasteiger partial charge is 0.194 e. The second kappa shape index (κ2) is 2.18. The summed E-state index contributed by atoms with van der Waals surface area (Å²) in [5.41, 5.74) is 0. The Kier molecular flexibility index (Phi) is 2.12. The van der Waals surface area contributed by atoms with Gasteiger partial charge in [0.2, 0.25) is 5.08 Å². The molecule has 0 bridgehead atoms. The molecule has 0 atom stereocenters. The van der Waals surface area contributed by atoms with E-state index >= 15 is 0 Å². The molecule has 8 heteroatoms. The lowest BCUT2D eigenvalue weighted by Crippen LogP contribution is -2.06. The van der Waals surface area contributed by atoms with E-state index in [-0.39, 0.29) is 0 Å². The molecule has 0 heterocycles. The van der Waals surface area contributed by atoms with Crippen LogP contribution in [0.15, 0.2) is 0 Å². The zero-order valence-corrected chi connectivity index (χ0v) is 5.55. The average Bonchev–Trinajstić information content (AvgIpc) is 1.14. The maximum Gasteiger partial charge on any atom is 0.319 e. The Morgan fingerprint density at radius 3 is 1.11 bits per heavy atom. The molecule has 0 aliphatic carbocycles. The number of hydrogen-bond acceptors (Lipinski definition) is 4. The van der Waals surface area contributed by atoms with Gasteiger partial charge in [-0.05, 0) is 0 Å². The molecule has 0 spiro atoms. The van der Waals surface area contributed by atoms with E-state index in [1.807, 2.05) is 0 Å². The van der Waals surface area contributed by atoms with Crippen LogP contribution in [0.2, 0.25) is 0 Å². The molecule has 56 valence electrons. The third-order valence-electron chi connectivity index (χ3n) is 0.282. The summed E-state index contributed by atoms with van der Waals surface area (Å²) >= 11 is 0. The van der Waals surface area contributed by atoms with Gasteiger partial charge in [0.05, 0.1) is 0 Å². The van der Waals surface area contributed by atoms with E-state index < -0.39 is 25.5 Å². The van der Waals surface area contributed by atoms with Crippen LogP contribution in [0.4, 0.5) is 7.77 Å². The van der Waals surface area contributed by atoms with Gasteiger partial charge in [-0.2, -0.15) is 16.8 Å². The van der Waals surface area contributed by atoms with Crippen LogP contribution in [0.5, 0.6) is 0 Å². The van der Waals surface area contributed by atoms with E-state index in [1.165, 1.54) is 0 Å². The molecule has 0 aliphatic heterocycles. The Labute approximate surface area is 50.9 Å². The maximum atomic E-state index is 11.2. The van der Waals surface area contributed by atoms with E-state index in [2.05, 4.69) is 0 Å². The van der Waals surface area contributed by atoms with Crippen molar-refractivity contribution in [3.05, 3.63) is 0 Å². The molecule has 0 radical (unpaired) electrons. The fraction of sp³-hybridized carbons (Fsp3) is 1.00. The molecule has 0 unspecified atom stereocenters. The van der Waals surface area contributed by atoms with Gasteiger partial charge in [0.15, 0.2) is 0 Å². The van der Waals surface area contributed by atoms with Gasteiger partial charge in [-0.3, -0.25) is 0 Å². The van der Waals surface area contributed by atoms with Crippen molar-refractivity contribution < 1.29 is 24.6 Å². The molecule has 0 aliphatic rings. The number of halogens is 2. The molecule has 0 saturated carbocycles. The third-order valence-corrected chi connectivity index (χ3v) is 2.53. The lowest BCUT2D eigenvalue weighted by molar-refractivity contribution is 0.542. The van der Waals surface area contributed by atoms with Gasteiger partial charge in [0.1, 0.15) is 0 Å². The standard InChI is InChI=1S/CH2F2O4S2/c2-8(4,5)1-9(3,6)7/h1H2. The van der Waals surface area contributed by atoms with E-state index in [0.29, 0.717) is 0 Å². The summed E-state index contributed by atoms with van der Waals surface area (Å²) in [6.07, 6.45) is 0. The Hall–Kier alpha value is -0.240. The first-order valence-corrected chi connectivity index (χ1v) is 4.66.